The molecule has 3 heterocycles. The normalized spacial score (nSPS) is 20.7. The molecule has 3 aromatic rings. The lowest BCUT2D eigenvalue weighted by Crippen LogP contribution is -2.58. The first-order valence-corrected chi connectivity index (χ1v) is 14.5. The lowest BCUT2D eigenvalue weighted by atomic mass is 10.0. The van der Waals surface area contributed by atoms with Crippen molar-refractivity contribution < 1.29 is 18.7 Å². The summed E-state index contributed by atoms with van der Waals surface area (Å²) in [6, 6.07) is 7.60. The molecule has 0 N–H and O–H groups in total. The first kappa shape index (κ1) is 28.6. The van der Waals surface area contributed by atoms with Crippen LogP contribution in [0.2, 0.25) is 5.02 Å². The third-order valence-corrected chi connectivity index (χ3v) is 9.01. The van der Waals surface area contributed by atoms with Gasteiger partial charge in [-0.25, -0.2) is 9.18 Å². The van der Waals surface area contributed by atoms with Crippen molar-refractivity contribution in [3.8, 4) is 11.1 Å². The molecule has 40 heavy (non-hydrogen) atoms. The molecule has 3 atom stereocenters. The summed E-state index contributed by atoms with van der Waals surface area (Å²) in [5.74, 6) is 0.663. The number of aromatic nitrogens is 2. The van der Waals surface area contributed by atoms with Gasteiger partial charge in [-0.15, -0.1) is 11.8 Å². The molecule has 212 valence electrons. The van der Waals surface area contributed by atoms with Crippen molar-refractivity contribution in [1.29, 1.82) is 0 Å². The number of amides is 1. The van der Waals surface area contributed by atoms with Crippen LogP contribution in [0, 0.1) is 5.82 Å². The Balaban J connectivity index is 1.68. The van der Waals surface area contributed by atoms with Crippen molar-refractivity contribution in [2.45, 2.75) is 36.9 Å². The summed E-state index contributed by atoms with van der Waals surface area (Å²) in [5.41, 5.74) is 1.88. The highest BCUT2D eigenvalue weighted by molar-refractivity contribution is 7.99. The number of benzene rings is 2. The SMILES string of the molecule is C=CC(=O)N1C[C@H](C)N(c2nc(=O)n3c4c(c(-c5ccc(F)cc5)c(Cl)cc24)SC[C@@H]3COCCOC)C[C@H]1C. The Bertz CT molecular complexity index is 1500. The van der Waals surface area contributed by atoms with Crippen LogP contribution in [0.25, 0.3) is 22.0 Å². The molecule has 11 heteroatoms. The van der Waals surface area contributed by atoms with E-state index >= 15 is 0 Å². The first-order valence-electron chi connectivity index (χ1n) is 13.2. The van der Waals surface area contributed by atoms with Crippen molar-refractivity contribution in [1.82, 2.24) is 14.5 Å². The highest BCUT2D eigenvalue weighted by atomic mass is 35.5. The summed E-state index contributed by atoms with van der Waals surface area (Å²) in [5, 5.41) is 1.24. The number of ether oxygens (including phenoxy) is 2. The molecule has 5 rings (SSSR count). The van der Waals surface area contributed by atoms with Gasteiger partial charge in [0.05, 0.1) is 36.4 Å². The Hall–Kier alpha value is -2.92. The maximum atomic E-state index is 13.8. The number of hydrogen-bond acceptors (Lipinski definition) is 7. The van der Waals surface area contributed by atoms with Gasteiger partial charge < -0.3 is 19.3 Å². The highest BCUT2D eigenvalue weighted by Gasteiger charge is 2.35. The number of nitrogens with zero attached hydrogens (tertiary/aromatic N) is 4. The fourth-order valence-electron chi connectivity index (χ4n) is 5.49. The third-order valence-electron chi connectivity index (χ3n) is 7.47. The van der Waals surface area contributed by atoms with Crippen LogP contribution in [0.3, 0.4) is 0 Å². The Morgan fingerprint density at radius 1 is 1.23 bits per heavy atom. The molecule has 2 aromatic carbocycles. The van der Waals surface area contributed by atoms with E-state index in [0.717, 1.165) is 26.9 Å². The van der Waals surface area contributed by atoms with Crippen LogP contribution in [0.1, 0.15) is 19.9 Å². The van der Waals surface area contributed by atoms with Crippen molar-refractivity contribution in [2.24, 2.45) is 0 Å². The molecule has 1 saturated heterocycles. The van der Waals surface area contributed by atoms with Crippen molar-refractivity contribution in [2.75, 3.05) is 50.7 Å². The van der Waals surface area contributed by atoms with Gasteiger partial charge in [0.2, 0.25) is 5.91 Å². The molecule has 1 amide bonds. The second-order valence-electron chi connectivity index (χ2n) is 10.1. The zero-order valence-electron chi connectivity index (χ0n) is 22.7. The molecular formula is C29H32ClFN4O4S. The van der Waals surface area contributed by atoms with Gasteiger partial charge >= 0.3 is 5.69 Å². The smallest absolute Gasteiger partial charge is 0.350 e. The van der Waals surface area contributed by atoms with Crippen molar-refractivity contribution in [3.05, 3.63) is 64.3 Å². The van der Waals surface area contributed by atoms with Gasteiger partial charge in [0.15, 0.2) is 0 Å². The zero-order chi connectivity index (χ0) is 28.6. The number of piperazine rings is 1. The van der Waals surface area contributed by atoms with E-state index in [-0.39, 0.29) is 35.5 Å². The predicted octanol–water partition coefficient (Wildman–Crippen LogP) is 4.78. The summed E-state index contributed by atoms with van der Waals surface area (Å²) in [6.07, 6.45) is 1.33. The van der Waals surface area contributed by atoms with Crippen molar-refractivity contribution in [3.63, 3.8) is 0 Å². The molecule has 0 spiro atoms. The van der Waals surface area contributed by atoms with Gasteiger partial charge in [0, 0.05) is 53.9 Å². The van der Waals surface area contributed by atoms with Gasteiger partial charge in [-0.05, 0) is 43.7 Å². The predicted molar refractivity (Wildman–Crippen MR) is 157 cm³/mol. The van der Waals surface area contributed by atoms with Crippen molar-refractivity contribution >= 4 is 46.0 Å². The number of thioether (sulfide) groups is 1. The molecule has 0 bridgehead atoms. The summed E-state index contributed by atoms with van der Waals surface area (Å²) >= 11 is 8.55. The molecule has 0 radical (unpaired) electrons. The maximum Gasteiger partial charge on any atom is 0.350 e. The fraction of sp³-hybridized carbons (Fsp3) is 0.414. The molecule has 2 aliphatic heterocycles. The van der Waals surface area contributed by atoms with Gasteiger partial charge in [-0.2, -0.15) is 4.98 Å². The minimum atomic E-state index is -0.374. The summed E-state index contributed by atoms with van der Waals surface area (Å²) < 4.78 is 26.4. The Labute approximate surface area is 241 Å². The van der Waals surface area contributed by atoms with Gasteiger partial charge in [-0.3, -0.25) is 9.36 Å². The van der Waals surface area contributed by atoms with Crippen LogP contribution in [-0.4, -0.2) is 78.2 Å². The van der Waals surface area contributed by atoms with E-state index in [1.807, 2.05) is 19.9 Å². The quantitative estimate of drug-likeness (QED) is 0.278. The van der Waals surface area contributed by atoms with Gasteiger partial charge in [0.1, 0.15) is 11.6 Å². The van der Waals surface area contributed by atoms with E-state index in [2.05, 4.69) is 16.5 Å². The van der Waals surface area contributed by atoms with E-state index in [1.165, 1.54) is 18.2 Å². The first-order chi connectivity index (χ1) is 19.2. The minimum absolute atomic E-state index is 0.103. The Morgan fingerprint density at radius 2 is 1.98 bits per heavy atom. The lowest BCUT2D eigenvalue weighted by Gasteiger charge is -2.45. The fourth-order valence-corrected chi connectivity index (χ4v) is 7.18. The van der Waals surface area contributed by atoms with Crippen LogP contribution in [0.4, 0.5) is 10.2 Å². The van der Waals surface area contributed by atoms with Crippen LogP contribution in [-0.2, 0) is 14.3 Å². The monoisotopic (exact) mass is 586 g/mol. The number of carbonyl (C=O) groups excluding carboxylic acids is 1. The Morgan fingerprint density at radius 3 is 2.67 bits per heavy atom. The topological polar surface area (TPSA) is 76.9 Å². The summed E-state index contributed by atoms with van der Waals surface area (Å²) in [6.45, 7) is 9.78. The maximum absolute atomic E-state index is 13.8. The number of methoxy groups -OCH3 is 1. The highest BCUT2D eigenvalue weighted by Crippen LogP contribution is 2.47. The van der Waals surface area contributed by atoms with Gasteiger partial charge in [0.25, 0.3) is 0 Å². The minimum Gasteiger partial charge on any atom is -0.382 e. The van der Waals surface area contributed by atoms with Gasteiger partial charge in [-0.1, -0.05) is 30.3 Å². The third kappa shape index (κ3) is 5.25. The summed E-state index contributed by atoms with van der Waals surface area (Å²) in [4.78, 5) is 35.5. The number of rotatable bonds is 8. The molecular weight excluding hydrogens is 555 g/mol. The van der Waals surface area contributed by atoms with E-state index in [1.54, 1.807) is 40.5 Å². The van der Waals surface area contributed by atoms with E-state index in [9.17, 15) is 14.0 Å². The van der Waals surface area contributed by atoms with E-state index in [4.69, 9.17) is 21.1 Å². The van der Waals surface area contributed by atoms with Crippen LogP contribution in [0.15, 0.2) is 52.7 Å². The number of carbonyl (C=O) groups is 1. The number of halogens is 2. The van der Waals surface area contributed by atoms with E-state index < -0.39 is 0 Å². The second-order valence-corrected chi connectivity index (χ2v) is 11.6. The van der Waals surface area contributed by atoms with Crippen LogP contribution < -0.4 is 10.6 Å². The second kappa shape index (κ2) is 11.9. The zero-order valence-corrected chi connectivity index (χ0v) is 24.3. The molecule has 0 unspecified atom stereocenters. The number of hydrogen-bond donors (Lipinski definition) is 0. The average Bonchev–Trinajstić information content (AvgIpc) is 2.94. The molecule has 8 nitrogen and oxygen atoms in total. The summed E-state index contributed by atoms with van der Waals surface area (Å²) in [7, 11) is 1.61. The van der Waals surface area contributed by atoms with Crippen LogP contribution >= 0.6 is 23.4 Å². The Kier molecular flexibility index (Phi) is 8.51. The molecule has 1 aromatic heterocycles. The van der Waals surface area contributed by atoms with E-state index in [0.29, 0.717) is 49.5 Å². The average molecular weight is 587 g/mol. The number of anilines is 1. The lowest BCUT2D eigenvalue weighted by molar-refractivity contribution is -0.128. The molecule has 0 saturated carbocycles. The molecule has 1 fully saturated rings. The largest absolute Gasteiger partial charge is 0.382 e. The molecule has 2 aliphatic rings. The standard InChI is InChI=1S/C29H32ClFN4O4S/c1-5-24(36)33-13-18(3)34(14-17(33)2)28-22-12-23(30)25(19-6-8-20(31)9-7-19)27-26(22)35(29(37)32-28)21(16-40-27)15-39-11-10-38-4/h5-9,12,17-18,21H,1,10-11,13-16H2,2-4H3/t17-,18+,21+/m1/s1. The van der Waals surface area contributed by atoms with Crippen LogP contribution in [0.5, 0.6) is 0 Å². The molecule has 0 aliphatic carbocycles.